The lowest BCUT2D eigenvalue weighted by molar-refractivity contribution is -0.174. The van der Waals surface area contributed by atoms with Crippen LogP contribution in [-0.4, -0.2) is 33.4 Å². The molecule has 1 aromatic heterocycles. The van der Waals surface area contributed by atoms with Gasteiger partial charge in [-0.05, 0) is 29.1 Å². The molecule has 0 aliphatic heterocycles. The Labute approximate surface area is 146 Å². The van der Waals surface area contributed by atoms with E-state index in [1.165, 1.54) is 44.8 Å². The number of benzene rings is 1. The zero-order chi connectivity index (χ0) is 18.6. The van der Waals surface area contributed by atoms with E-state index in [4.69, 9.17) is 14.2 Å². The van der Waals surface area contributed by atoms with Gasteiger partial charge in [0.25, 0.3) is 0 Å². The summed E-state index contributed by atoms with van der Waals surface area (Å²) in [4.78, 5) is 12.0. The molecule has 136 valence electrons. The number of alkyl halides is 3. The van der Waals surface area contributed by atoms with Gasteiger partial charge in [-0.25, -0.2) is 0 Å². The van der Waals surface area contributed by atoms with Gasteiger partial charge >= 0.3 is 12.1 Å². The van der Waals surface area contributed by atoms with Crippen LogP contribution in [0.4, 0.5) is 13.2 Å². The molecule has 1 heterocycles. The highest BCUT2D eigenvalue weighted by Crippen LogP contribution is 2.41. The van der Waals surface area contributed by atoms with Crippen molar-refractivity contribution in [3.63, 3.8) is 0 Å². The Morgan fingerprint density at radius 2 is 1.72 bits per heavy atom. The quantitative estimate of drug-likeness (QED) is 0.839. The maximum Gasteiger partial charge on any atom is 0.471 e. The fraction of sp³-hybridized carbons (Fsp3) is 0.312. The van der Waals surface area contributed by atoms with Crippen molar-refractivity contribution in [2.45, 2.75) is 12.2 Å². The van der Waals surface area contributed by atoms with E-state index in [2.05, 4.69) is 0 Å². The number of ether oxygens (including phenoxy) is 3. The predicted octanol–water partition coefficient (Wildman–Crippen LogP) is 3.54. The van der Waals surface area contributed by atoms with Crippen molar-refractivity contribution in [1.82, 2.24) is 5.32 Å². The highest BCUT2D eigenvalue weighted by Gasteiger charge is 2.40. The molecule has 1 amide bonds. The van der Waals surface area contributed by atoms with Gasteiger partial charge in [0, 0.05) is 4.88 Å². The minimum absolute atomic E-state index is 0.277. The van der Waals surface area contributed by atoms with Crippen molar-refractivity contribution in [2.75, 3.05) is 21.3 Å². The molecule has 2 rings (SSSR count). The fourth-order valence-corrected chi connectivity index (χ4v) is 3.06. The largest absolute Gasteiger partial charge is 0.493 e. The molecule has 0 radical (unpaired) electrons. The van der Waals surface area contributed by atoms with Gasteiger partial charge in [0.1, 0.15) is 0 Å². The summed E-state index contributed by atoms with van der Waals surface area (Å²) in [6.07, 6.45) is -4.99. The third-order valence-corrected chi connectivity index (χ3v) is 4.32. The second-order valence-corrected chi connectivity index (χ2v) is 5.86. The molecule has 0 bridgehead atoms. The van der Waals surface area contributed by atoms with E-state index in [0.717, 1.165) is 0 Å². The summed E-state index contributed by atoms with van der Waals surface area (Å²) in [6, 6.07) is 5.31. The van der Waals surface area contributed by atoms with Gasteiger partial charge in [-0.1, -0.05) is 6.07 Å². The molecule has 1 unspecified atom stereocenters. The van der Waals surface area contributed by atoms with E-state index in [1.54, 1.807) is 17.5 Å². The molecule has 0 saturated carbocycles. The summed E-state index contributed by atoms with van der Waals surface area (Å²) in [5, 5.41) is 3.72. The second kappa shape index (κ2) is 7.64. The molecule has 9 heteroatoms. The summed E-state index contributed by atoms with van der Waals surface area (Å²) in [6.45, 7) is 0. The minimum Gasteiger partial charge on any atom is -0.493 e. The predicted molar refractivity (Wildman–Crippen MR) is 86.5 cm³/mol. The average Bonchev–Trinajstić information content (AvgIpc) is 3.11. The fourth-order valence-electron chi connectivity index (χ4n) is 2.26. The molecular formula is C16H16F3NO4S. The zero-order valence-corrected chi connectivity index (χ0v) is 14.5. The van der Waals surface area contributed by atoms with E-state index in [1.807, 2.05) is 5.32 Å². The first kappa shape index (κ1) is 18.9. The minimum atomic E-state index is -4.99. The highest BCUT2D eigenvalue weighted by atomic mass is 32.1. The van der Waals surface area contributed by atoms with Gasteiger partial charge in [0.2, 0.25) is 5.75 Å². The first-order valence-corrected chi connectivity index (χ1v) is 7.90. The second-order valence-electron chi connectivity index (χ2n) is 4.88. The number of hydrogen-bond donors (Lipinski definition) is 1. The number of carbonyl (C=O) groups excluding carboxylic acids is 1. The Bertz CT molecular complexity index is 706. The van der Waals surface area contributed by atoms with Crippen LogP contribution in [0.3, 0.4) is 0 Å². The summed E-state index contributed by atoms with van der Waals surface area (Å²) in [5.74, 6) is -1.17. The highest BCUT2D eigenvalue weighted by molar-refractivity contribution is 7.10. The van der Waals surface area contributed by atoms with Crippen LogP contribution in [0.2, 0.25) is 0 Å². The van der Waals surface area contributed by atoms with Crippen molar-refractivity contribution in [1.29, 1.82) is 0 Å². The van der Waals surface area contributed by atoms with Crippen molar-refractivity contribution in [3.8, 4) is 17.2 Å². The van der Waals surface area contributed by atoms with Crippen molar-refractivity contribution >= 4 is 17.2 Å². The Morgan fingerprint density at radius 1 is 1.12 bits per heavy atom. The van der Waals surface area contributed by atoms with Gasteiger partial charge in [-0.2, -0.15) is 13.2 Å². The standard InChI is InChI=1S/C16H16F3NO4S/c1-22-10-7-9(8-11(23-2)14(10)24-3)13(12-5-4-6-25-12)20-15(21)16(17,18)19/h4-8,13H,1-3H3,(H,20,21). The number of thiophene rings is 1. The van der Waals surface area contributed by atoms with Crippen LogP contribution in [0, 0.1) is 0 Å². The first-order valence-electron chi connectivity index (χ1n) is 7.02. The van der Waals surface area contributed by atoms with E-state index in [9.17, 15) is 18.0 Å². The smallest absolute Gasteiger partial charge is 0.471 e. The normalized spacial score (nSPS) is 12.4. The van der Waals surface area contributed by atoms with Crippen LogP contribution < -0.4 is 19.5 Å². The van der Waals surface area contributed by atoms with E-state index in [0.29, 0.717) is 16.2 Å². The molecule has 1 atom stereocenters. The SMILES string of the molecule is COc1cc(C(NC(=O)C(F)(F)F)c2cccs2)cc(OC)c1OC. The average molecular weight is 375 g/mol. The summed E-state index contributed by atoms with van der Waals surface area (Å²) in [7, 11) is 4.22. The molecule has 0 saturated heterocycles. The molecule has 1 aromatic carbocycles. The molecule has 0 fully saturated rings. The summed E-state index contributed by atoms with van der Waals surface area (Å²) < 4.78 is 53.7. The molecule has 25 heavy (non-hydrogen) atoms. The third kappa shape index (κ3) is 4.16. The summed E-state index contributed by atoms with van der Waals surface area (Å²) in [5.41, 5.74) is 0.370. The molecule has 0 aliphatic rings. The zero-order valence-electron chi connectivity index (χ0n) is 13.6. The Kier molecular flexibility index (Phi) is 5.78. The van der Waals surface area contributed by atoms with Crippen molar-refractivity contribution in [3.05, 3.63) is 40.1 Å². The first-order chi connectivity index (χ1) is 11.8. The van der Waals surface area contributed by atoms with Gasteiger partial charge in [-0.15, -0.1) is 11.3 Å². The van der Waals surface area contributed by atoms with Gasteiger partial charge < -0.3 is 19.5 Å². The monoisotopic (exact) mass is 375 g/mol. The van der Waals surface area contributed by atoms with E-state index >= 15 is 0 Å². The van der Waals surface area contributed by atoms with Crippen LogP contribution >= 0.6 is 11.3 Å². The number of nitrogens with one attached hydrogen (secondary N) is 1. The topological polar surface area (TPSA) is 56.8 Å². The maximum absolute atomic E-state index is 12.7. The number of methoxy groups -OCH3 is 3. The molecule has 5 nitrogen and oxygen atoms in total. The van der Waals surface area contributed by atoms with E-state index in [-0.39, 0.29) is 11.5 Å². The van der Waals surface area contributed by atoms with Gasteiger partial charge in [-0.3, -0.25) is 4.79 Å². The molecular weight excluding hydrogens is 359 g/mol. The number of rotatable bonds is 6. The van der Waals surface area contributed by atoms with Crippen LogP contribution in [0.15, 0.2) is 29.6 Å². The van der Waals surface area contributed by atoms with E-state index < -0.39 is 18.1 Å². The lowest BCUT2D eigenvalue weighted by Gasteiger charge is -2.21. The van der Waals surface area contributed by atoms with Crippen molar-refractivity contribution in [2.24, 2.45) is 0 Å². The summed E-state index contributed by atoms with van der Waals surface area (Å²) >= 11 is 1.22. The molecule has 1 N–H and O–H groups in total. The number of amides is 1. The van der Waals surface area contributed by atoms with Crippen LogP contribution in [0.1, 0.15) is 16.5 Å². The lowest BCUT2D eigenvalue weighted by atomic mass is 10.0. The number of hydrogen-bond acceptors (Lipinski definition) is 5. The van der Waals surface area contributed by atoms with Crippen molar-refractivity contribution < 1.29 is 32.2 Å². The number of halogens is 3. The van der Waals surface area contributed by atoms with Crippen LogP contribution in [0.25, 0.3) is 0 Å². The Hall–Kier alpha value is -2.42. The Morgan fingerprint density at radius 3 is 2.12 bits per heavy atom. The Balaban J connectivity index is 2.53. The number of carbonyl (C=O) groups is 1. The third-order valence-electron chi connectivity index (χ3n) is 3.38. The molecule has 2 aromatic rings. The van der Waals surface area contributed by atoms with Crippen LogP contribution in [0.5, 0.6) is 17.2 Å². The van der Waals surface area contributed by atoms with Crippen LogP contribution in [-0.2, 0) is 4.79 Å². The lowest BCUT2D eigenvalue weighted by Crippen LogP contribution is -2.39. The molecule has 0 aliphatic carbocycles. The van der Waals surface area contributed by atoms with Gasteiger partial charge in [0.05, 0.1) is 27.4 Å². The maximum atomic E-state index is 12.7. The van der Waals surface area contributed by atoms with Gasteiger partial charge in [0.15, 0.2) is 11.5 Å². The molecule has 0 spiro atoms.